The average Bonchev–Trinajstić information content (AvgIpc) is 2.69. The van der Waals surface area contributed by atoms with Gasteiger partial charge >= 0.3 is 0 Å². The van der Waals surface area contributed by atoms with E-state index in [-0.39, 0.29) is 11.8 Å². The molecule has 1 heterocycles. The molecule has 1 aromatic heterocycles. The number of anilines is 4. The molecule has 0 unspecified atom stereocenters. The maximum Gasteiger partial charge on any atom is 0.249 e. The smallest absolute Gasteiger partial charge is 0.249 e. The van der Waals surface area contributed by atoms with E-state index in [1.807, 2.05) is 0 Å². The molecule has 9 heteroatoms. The third-order valence-electron chi connectivity index (χ3n) is 3.60. The Morgan fingerprint density at radius 3 is 2.11 bits per heavy atom. The van der Waals surface area contributed by atoms with Crippen molar-refractivity contribution >= 4 is 23.1 Å². The van der Waals surface area contributed by atoms with Crippen molar-refractivity contribution in [2.75, 3.05) is 32.0 Å². The number of hydrogen-bond acceptors (Lipinski definition) is 8. The van der Waals surface area contributed by atoms with Crippen LogP contribution in [0.5, 0.6) is 17.2 Å². The van der Waals surface area contributed by atoms with Crippen LogP contribution < -0.4 is 24.8 Å². The first-order valence-corrected chi connectivity index (χ1v) is 7.92. The Balaban J connectivity index is 1.82. The molecule has 0 fully saturated rings. The minimum atomic E-state index is -0.314. The van der Waals surface area contributed by atoms with E-state index in [1.54, 1.807) is 24.3 Å². The van der Waals surface area contributed by atoms with Gasteiger partial charge in [0.25, 0.3) is 0 Å². The van der Waals surface area contributed by atoms with E-state index < -0.39 is 0 Å². The summed E-state index contributed by atoms with van der Waals surface area (Å²) < 4.78 is 29.0. The highest BCUT2D eigenvalue weighted by Crippen LogP contribution is 2.40. The lowest BCUT2D eigenvalue weighted by molar-refractivity contribution is 0.324. The fourth-order valence-electron chi connectivity index (χ4n) is 2.38. The predicted octanol–water partition coefficient (Wildman–Crippen LogP) is 3.52. The van der Waals surface area contributed by atoms with Crippen LogP contribution >= 0.6 is 0 Å². The lowest BCUT2D eigenvalue weighted by atomic mass is 10.2. The van der Waals surface area contributed by atoms with Crippen LogP contribution in [0.3, 0.4) is 0 Å². The summed E-state index contributed by atoms with van der Waals surface area (Å²) in [6.07, 6.45) is 1.46. The standard InChI is InChI=1S/C18H18FN5O3/c1-25-14-8-13(9-15(26-2)17(14)27-3)22-18-23-16(10-20-24-18)21-12-6-4-11(19)5-7-12/h4-10H,1-3H3,(H2,21,22,23,24). The Bertz CT molecular complexity index is 896. The van der Waals surface area contributed by atoms with Crippen molar-refractivity contribution in [1.82, 2.24) is 15.2 Å². The number of nitrogens with one attached hydrogen (secondary N) is 2. The van der Waals surface area contributed by atoms with Crippen molar-refractivity contribution in [3.05, 3.63) is 48.4 Å². The zero-order valence-electron chi connectivity index (χ0n) is 15.0. The van der Waals surface area contributed by atoms with Crippen molar-refractivity contribution in [3.63, 3.8) is 0 Å². The number of hydrogen-bond donors (Lipinski definition) is 2. The highest BCUT2D eigenvalue weighted by molar-refractivity contribution is 5.66. The third-order valence-corrected chi connectivity index (χ3v) is 3.60. The van der Waals surface area contributed by atoms with Crippen molar-refractivity contribution in [1.29, 1.82) is 0 Å². The van der Waals surface area contributed by atoms with Crippen LogP contribution in [0.2, 0.25) is 0 Å². The first kappa shape index (κ1) is 18.2. The molecule has 3 rings (SSSR count). The molecule has 0 saturated heterocycles. The molecule has 0 bridgehead atoms. The monoisotopic (exact) mass is 371 g/mol. The Morgan fingerprint density at radius 1 is 0.852 bits per heavy atom. The second kappa shape index (κ2) is 8.17. The molecule has 3 aromatic rings. The summed E-state index contributed by atoms with van der Waals surface area (Å²) in [6, 6.07) is 9.36. The zero-order valence-corrected chi connectivity index (χ0v) is 15.0. The van der Waals surface area contributed by atoms with Gasteiger partial charge in [-0.1, -0.05) is 0 Å². The van der Waals surface area contributed by atoms with E-state index in [0.717, 1.165) is 0 Å². The minimum absolute atomic E-state index is 0.261. The summed E-state index contributed by atoms with van der Waals surface area (Å²) in [7, 11) is 4.60. The Labute approximate surface area is 155 Å². The third kappa shape index (κ3) is 4.32. The number of aromatic nitrogens is 3. The largest absolute Gasteiger partial charge is 0.493 e. The van der Waals surface area contributed by atoms with Crippen LogP contribution in [0.4, 0.5) is 27.5 Å². The molecule has 2 aromatic carbocycles. The molecule has 0 atom stereocenters. The maximum absolute atomic E-state index is 13.0. The Morgan fingerprint density at radius 2 is 1.52 bits per heavy atom. The lowest BCUT2D eigenvalue weighted by Gasteiger charge is -2.14. The van der Waals surface area contributed by atoms with E-state index >= 15 is 0 Å². The molecular formula is C18H18FN5O3. The molecule has 0 aliphatic heterocycles. The fourth-order valence-corrected chi connectivity index (χ4v) is 2.38. The van der Waals surface area contributed by atoms with Gasteiger partial charge < -0.3 is 24.8 Å². The Hall–Kier alpha value is -3.62. The van der Waals surface area contributed by atoms with Gasteiger partial charge in [-0.2, -0.15) is 10.1 Å². The first-order chi connectivity index (χ1) is 13.1. The van der Waals surface area contributed by atoms with E-state index in [4.69, 9.17) is 14.2 Å². The average molecular weight is 371 g/mol. The topological polar surface area (TPSA) is 90.4 Å². The molecule has 0 saturated carbocycles. The van der Waals surface area contributed by atoms with Crippen LogP contribution in [-0.2, 0) is 0 Å². The van der Waals surface area contributed by atoms with Crippen molar-refractivity contribution in [2.45, 2.75) is 0 Å². The number of nitrogens with zero attached hydrogens (tertiary/aromatic N) is 3. The molecule has 27 heavy (non-hydrogen) atoms. The number of halogens is 1. The number of methoxy groups -OCH3 is 3. The van der Waals surface area contributed by atoms with Crippen molar-refractivity contribution < 1.29 is 18.6 Å². The minimum Gasteiger partial charge on any atom is -0.493 e. The van der Waals surface area contributed by atoms with Crippen LogP contribution in [0.1, 0.15) is 0 Å². The summed E-state index contributed by atoms with van der Waals surface area (Å²) >= 11 is 0. The van der Waals surface area contributed by atoms with Gasteiger partial charge in [0.15, 0.2) is 17.3 Å². The van der Waals surface area contributed by atoms with Gasteiger partial charge in [-0.15, -0.1) is 5.10 Å². The lowest BCUT2D eigenvalue weighted by Crippen LogP contribution is -2.03. The van der Waals surface area contributed by atoms with E-state index in [0.29, 0.717) is 34.4 Å². The quantitative estimate of drug-likeness (QED) is 0.652. The number of ether oxygens (including phenoxy) is 3. The van der Waals surface area contributed by atoms with Gasteiger partial charge in [-0.05, 0) is 24.3 Å². The highest BCUT2D eigenvalue weighted by Gasteiger charge is 2.14. The van der Waals surface area contributed by atoms with Gasteiger partial charge in [0, 0.05) is 23.5 Å². The summed E-state index contributed by atoms with van der Waals surface area (Å²) in [4.78, 5) is 4.34. The molecule has 0 aliphatic carbocycles. The second-order valence-corrected chi connectivity index (χ2v) is 5.34. The van der Waals surface area contributed by atoms with Gasteiger partial charge in [0.2, 0.25) is 11.7 Å². The predicted molar refractivity (Wildman–Crippen MR) is 98.9 cm³/mol. The normalized spacial score (nSPS) is 10.2. The summed E-state index contributed by atoms with van der Waals surface area (Å²) in [5.74, 6) is 1.87. The van der Waals surface area contributed by atoms with Crippen LogP contribution in [0.25, 0.3) is 0 Å². The summed E-state index contributed by atoms with van der Waals surface area (Å²) in [5, 5.41) is 13.9. The zero-order chi connectivity index (χ0) is 19.2. The molecular weight excluding hydrogens is 353 g/mol. The molecule has 140 valence electrons. The number of benzene rings is 2. The van der Waals surface area contributed by atoms with E-state index in [1.165, 1.54) is 39.7 Å². The van der Waals surface area contributed by atoms with E-state index in [9.17, 15) is 4.39 Å². The molecule has 0 spiro atoms. The van der Waals surface area contributed by atoms with Gasteiger partial charge in [0.1, 0.15) is 5.82 Å². The van der Waals surface area contributed by atoms with Crippen LogP contribution in [-0.4, -0.2) is 36.5 Å². The van der Waals surface area contributed by atoms with Gasteiger partial charge in [-0.25, -0.2) is 4.39 Å². The highest BCUT2D eigenvalue weighted by atomic mass is 19.1. The molecule has 0 aliphatic rings. The Kier molecular flexibility index (Phi) is 5.50. The fraction of sp³-hybridized carbons (Fsp3) is 0.167. The molecule has 8 nitrogen and oxygen atoms in total. The summed E-state index contributed by atoms with van der Waals surface area (Å²) in [5.41, 5.74) is 1.31. The number of rotatable bonds is 7. The molecule has 2 N–H and O–H groups in total. The van der Waals surface area contributed by atoms with Gasteiger partial charge in [0.05, 0.1) is 27.5 Å². The maximum atomic E-state index is 13.0. The van der Waals surface area contributed by atoms with Gasteiger partial charge in [-0.3, -0.25) is 0 Å². The van der Waals surface area contributed by atoms with Crippen molar-refractivity contribution in [3.8, 4) is 17.2 Å². The van der Waals surface area contributed by atoms with Crippen molar-refractivity contribution in [2.24, 2.45) is 0 Å². The van der Waals surface area contributed by atoms with Crippen LogP contribution in [0, 0.1) is 5.82 Å². The molecule has 0 amide bonds. The molecule has 0 radical (unpaired) electrons. The van der Waals surface area contributed by atoms with E-state index in [2.05, 4.69) is 25.8 Å². The first-order valence-electron chi connectivity index (χ1n) is 7.92. The van der Waals surface area contributed by atoms with Crippen LogP contribution in [0.15, 0.2) is 42.6 Å². The second-order valence-electron chi connectivity index (χ2n) is 5.34. The SMILES string of the molecule is COc1cc(Nc2nncc(Nc3ccc(F)cc3)n2)cc(OC)c1OC. The summed E-state index contributed by atoms with van der Waals surface area (Å²) in [6.45, 7) is 0.